The zero-order valence-electron chi connectivity index (χ0n) is 14.6. The average molecular weight is 363 g/mol. The van der Waals surface area contributed by atoms with Crippen LogP contribution in [0.5, 0.6) is 0 Å². The monoisotopic (exact) mass is 363 g/mol. The van der Waals surface area contributed by atoms with Crippen molar-refractivity contribution in [1.29, 1.82) is 26.8 Å². The van der Waals surface area contributed by atoms with Gasteiger partial charge in [0.25, 0.3) is 0 Å². The Kier molecular flexibility index (Phi) is 12.9. The summed E-state index contributed by atoms with van der Waals surface area (Å²) in [5.41, 5.74) is 0. The van der Waals surface area contributed by atoms with Gasteiger partial charge in [0.05, 0.1) is 6.34 Å². The molecule has 0 aromatic heterocycles. The van der Waals surface area contributed by atoms with Crippen LogP contribution in [0, 0.1) is 39.1 Å². The van der Waals surface area contributed by atoms with Crippen LogP contribution in [0.4, 0.5) is 0 Å². The second kappa shape index (κ2) is 15.0. The van der Waals surface area contributed by atoms with E-state index < -0.39 is 0 Å². The first-order valence-corrected chi connectivity index (χ1v) is 7.70. The van der Waals surface area contributed by atoms with E-state index >= 15 is 0 Å². The minimum atomic E-state index is -0.0754. The van der Waals surface area contributed by atoms with Gasteiger partial charge >= 0.3 is 0 Å². The minimum absolute atomic E-state index is 0.0754. The maximum Gasteiger partial charge on any atom is 0.201 e. The molecule has 0 atom stereocenters. The fraction of sp³-hybridized carbons (Fsp3) is 0.538. The number of hydrogen-bond donors (Lipinski definition) is 9. The molecule has 0 aliphatic heterocycles. The lowest BCUT2D eigenvalue weighted by Gasteiger charge is -2.23. The van der Waals surface area contributed by atoms with E-state index in [0.717, 1.165) is 0 Å². The minimum Gasteiger partial charge on any atom is -0.355 e. The van der Waals surface area contributed by atoms with Crippen molar-refractivity contribution in [1.82, 2.24) is 36.8 Å². The Morgan fingerprint density at radius 2 is 1.31 bits per heavy atom. The molecule has 0 saturated carbocycles. The first-order valence-electron chi connectivity index (χ1n) is 7.70. The van der Waals surface area contributed by atoms with Crippen molar-refractivity contribution in [2.45, 2.75) is 0 Å². The Hall–Kier alpha value is -3.58. The molecular formula is C13H25N13. The molecule has 0 aliphatic carbocycles. The van der Waals surface area contributed by atoms with Crippen molar-refractivity contribution in [3.05, 3.63) is 0 Å². The van der Waals surface area contributed by atoms with E-state index in [-0.39, 0.29) is 17.9 Å². The Balaban J connectivity index is 4.28. The Morgan fingerprint density at radius 3 is 1.69 bits per heavy atom. The van der Waals surface area contributed by atoms with Gasteiger partial charge in [-0.2, -0.15) is 10.5 Å². The number of nitrogens with zero attached hydrogens (tertiary/aromatic N) is 4. The van der Waals surface area contributed by atoms with E-state index in [2.05, 4.69) is 36.9 Å². The SMILES string of the molecule is C/N=C/NC(=N)NCCN(CCNC(=N)NC#N)CCNC(=N)NC#N. The summed E-state index contributed by atoms with van der Waals surface area (Å²) in [4.78, 5) is 5.76. The van der Waals surface area contributed by atoms with E-state index in [0.29, 0.717) is 39.3 Å². The van der Waals surface area contributed by atoms with Gasteiger partial charge < -0.3 is 21.3 Å². The summed E-state index contributed by atoms with van der Waals surface area (Å²) in [5.74, 6) is -0.0196. The number of hydrogen-bond acceptors (Lipinski definition) is 7. The van der Waals surface area contributed by atoms with Crippen LogP contribution in [0.3, 0.4) is 0 Å². The summed E-state index contributed by atoms with van der Waals surface area (Å²) in [7, 11) is 1.60. The lowest BCUT2D eigenvalue weighted by atomic mass is 10.4. The van der Waals surface area contributed by atoms with Crippen molar-refractivity contribution in [2.24, 2.45) is 4.99 Å². The van der Waals surface area contributed by atoms with Crippen LogP contribution in [0.1, 0.15) is 0 Å². The van der Waals surface area contributed by atoms with E-state index in [1.54, 1.807) is 19.4 Å². The van der Waals surface area contributed by atoms with Gasteiger partial charge in [-0.15, -0.1) is 0 Å². The van der Waals surface area contributed by atoms with Gasteiger partial charge in [-0.25, -0.2) is 0 Å². The first kappa shape index (κ1) is 22.4. The largest absolute Gasteiger partial charge is 0.355 e. The quantitative estimate of drug-likeness (QED) is 0.0851. The molecule has 0 spiro atoms. The average Bonchev–Trinajstić information content (AvgIpc) is 2.60. The molecule has 142 valence electrons. The second-order valence-electron chi connectivity index (χ2n) is 4.75. The van der Waals surface area contributed by atoms with Crippen molar-refractivity contribution in [3.63, 3.8) is 0 Å². The van der Waals surface area contributed by atoms with E-state index in [4.69, 9.17) is 26.8 Å². The second-order valence-corrected chi connectivity index (χ2v) is 4.75. The summed E-state index contributed by atoms with van der Waals surface area (Å²) in [5, 5.41) is 54.8. The smallest absolute Gasteiger partial charge is 0.201 e. The molecule has 26 heavy (non-hydrogen) atoms. The predicted octanol–water partition coefficient (Wildman–Crippen LogP) is -2.75. The molecule has 0 bridgehead atoms. The van der Waals surface area contributed by atoms with Gasteiger partial charge in [-0.3, -0.25) is 36.8 Å². The van der Waals surface area contributed by atoms with Gasteiger partial charge in [0.2, 0.25) is 11.9 Å². The lowest BCUT2D eigenvalue weighted by Crippen LogP contribution is -2.46. The van der Waals surface area contributed by atoms with Gasteiger partial charge in [0.15, 0.2) is 18.3 Å². The molecule has 0 amide bonds. The highest BCUT2D eigenvalue weighted by atomic mass is 15.2. The van der Waals surface area contributed by atoms with Crippen LogP contribution in [-0.2, 0) is 0 Å². The molecule has 0 aromatic rings. The van der Waals surface area contributed by atoms with Crippen molar-refractivity contribution < 1.29 is 0 Å². The molecule has 0 aliphatic rings. The molecule has 9 N–H and O–H groups in total. The number of nitriles is 2. The molecule has 13 nitrogen and oxygen atoms in total. The predicted molar refractivity (Wildman–Crippen MR) is 98.7 cm³/mol. The summed E-state index contributed by atoms with van der Waals surface area (Å²) in [6.07, 6.45) is 4.72. The summed E-state index contributed by atoms with van der Waals surface area (Å²) in [6, 6.07) is 0. The third-order valence-electron chi connectivity index (χ3n) is 2.89. The molecule has 0 rings (SSSR count). The highest BCUT2D eigenvalue weighted by Crippen LogP contribution is 1.86. The van der Waals surface area contributed by atoms with Crippen LogP contribution < -0.4 is 31.9 Å². The zero-order valence-corrected chi connectivity index (χ0v) is 14.6. The molecule has 0 radical (unpaired) electrons. The Morgan fingerprint density at radius 1 is 0.885 bits per heavy atom. The van der Waals surface area contributed by atoms with Gasteiger partial charge in [0, 0.05) is 46.3 Å². The van der Waals surface area contributed by atoms with Crippen LogP contribution in [-0.4, -0.2) is 75.4 Å². The van der Waals surface area contributed by atoms with Crippen LogP contribution in [0.15, 0.2) is 4.99 Å². The molecule has 0 heterocycles. The zero-order chi connectivity index (χ0) is 19.6. The summed E-state index contributed by atoms with van der Waals surface area (Å²) < 4.78 is 0. The highest BCUT2D eigenvalue weighted by molar-refractivity contribution is 5.87. The molecular weight excluding hydrogens is 338 g/mol. The number of rotatable bonds is 10. The fourth-order valence-electron chi connectivity index (χ4n) is 1.73. The standard InChI is InChI=1S/C13H25N13/c1-19-10-25-13(18)22-4-7-26(5-2-20-11(16)23-8-14)6-3-21-12(17)24-9-15/h10H,2-7H2,1H3,(H3,16,20,23)(H3,17,21,24)(H3,18,19,22,25). The van der Waals surface area contributed by atoms with E-state index in [9.17, 15) is 0 Å². The normalized spacial score (nSPS) is 9.69. The van der Waals surface area contributed by atoms with Crippen LogP contribution >= 0.6 is 0 Å². The van der Waals surface area contributed by atoms with Gasteiger partial charge in [0.1, 0.15) is 0 Å². The van der Waals surface area contributed by atoms with E-state index in [1.165, 1.54) is 6.34 Å². The van der Waals surface area contributed by atoms with E-state index in [1.807, 2.05) is 4.90 Å². The number of aliphatic imine (C=N–C) groups is 1. The third kappa shape index (κ3) is 12.9. The number of nitrogens with one attached hydrogen (secondary N) is 9. The molecule has 13 heteroatoms. The van der Waals surface area contributed by atoms with Gasteiger partial charge in [-0.1, -0.05) is 0 Å². The van der Waals surface area contributed by atoms with Crippen LogP contribution in [0.25, 0.3) is 0 Å². The molecule has 0 saturated heterocycles. The van der Waals surface area contributed by atoms with Gasteiger partial charge in [-0.05, 0) is 0 Å². The molecule has 0 aromatic carbocycles. The maximum atomic E-state index is 8.43. The lowest BCUT2D eigenvalue weighted by molar-refractivity contribution is 0.285. The van der Waals surface area contributed by atoms with Crippen molar-refractivity contribution >= 4 is 24.2 Å². The maximum absolute atomic E-state index is 8.43. The summed E-state index contributed by atoms with van der Waals surface area (Å²) in [6.45, 7) is 3.16. The van der Waals surface area contributed by atoms with Crippen molar-refractivity contribution in [2.75, 3.05) is 46.3 Å². The van der Waals surface area contributed by atoms with Crippen LogP contribution in [0.2, 0.25) is 0 Å². The third-order valence-corrected chi connectivity index (χ3v) is 2.89. The topological polar surface area (TPSA) is 207 Å². The molecule has 0 fully saturated rings. The van der Waals surface area contributed by atoms with Crippen molar-refractivity contribution in [3.8, 4) is 12.4 Å². The highest BCUT2D eigenvalue weighted by Gasteiger charge is 2.06. The number of guanidine groups is 3. The summed E-state index contributed by atoms with van der Waals surface area (Å²) >= 11 is 0. The fourth-order valence-corrected chi connectivity index (χ4v) is 1.73. The Labute approximate surface area is 152 Å². The molecule has 0 unspecified atom stereocenters. The Bertz CT molecular complexity index is 521. The first-order chi connectivity index (χ1) is 12.5.